The zero-order chi connectivity index (χ0) is 23.2. The third-order valence-electron chi connectivity index (χ3n) is 6.53. The topological polar surface area (TPSA) is 57.2 Å². The van der Waals surface area contributed by atoms with Crippen LogP contribution >= 0.6 is 0 Å². The summed E-state index contributed by atoms with van der Waals surface area (Å²) in [7, 11) is -4.53. The Morgan fingerprint density at radius 2 is 1.18 bits per heavy atom. The van der Waals surface area contributed by atoms with Gasteiger partial charge in [0.05, 0.1) is 4.90 Å². The predicted octanol–water partition coefficient (Wildman–Crippen LogP) is 7.95. The summed E-state index contributed by atoms with van der Waals surface area (Å²) in [5.41, 5.74) is 1.86. The molecule has 5 heteroatoms. The van der Waals surface area contributed by atoms with E-state index in [1.165, 1.54) is 64.2 Å². The van der Waals surface area contributed by atoms with Crippen LogP contribution in [0, 0.1) is 0 Å². The molecule has 0 saturated heterocycles. The van der Waals surface area contributed by atoms with Gasteiger partial charge in [0.15, 0.2) is 0 Å². The summed E-state index contributed by atoms with van der Waals surface area (Å²) in [4.78, 5) is 0.0412. The van der Waals surface area contributed by atoms with Gasteiger partial charge in [0, 0.05) is 0 Å². The molecular formula is C28H43CaO3S+. The van der Waals surface area contributed by atoms with Crippen molar-refractivity contribution in [3.8, 4) is 0 Å². The molecule has 0 aliphatic heterocycles. The molecule has 2 aromatic carbocycles. The normalized spacial score (nSPS) is 11.6. The fourth-order valence-electron chi connectivity index (χ4n) is 4.73. The van der Waals surface area contributed by atoms with E-state index in [0.29, 0.717) is 11.8 Å². The molecule has 0 saturated carbocycles. The number of hydrogen-bond donors (Lipinski definition) is 0. The fraction of sp³-hybridized carbons (Fsp3) is 0.643. The van der Waals surface area contributed by atoms with Crippen LogP contribution in [0.15, 0.2) is 35.2 Å². The van der Waals surface area contributed by atoms with Crippen molar-refractivity contribution >= 4 is 58.6 Å². The van der Waals surface area contributed by atoms with Gasteiger partial charge in [-0.25, -0.2) is 8.42 Å². The van der Waals surface area contributed by atoms with E-state index >= 15 is 0 Å². The van der Waals surface area contributed by atoms with E-state index in [1.54, 1.807) is 6.07 Å². The summed E-state index contributed by atoms with van der Waals surface area (Å²) in [6.45, 7) is 4.45. The van der Waals surface area contributed by atoms with E-state index < -0.39 is 10.1 Å². The van der Waals surface area contributed by atoms with Crippen LogP contribution in [0.5, 0.6) is 0 Å². The van der Waals surface area contributed by atoms with Gasteiger partial charge in [-0.15, -0.1) is 0 Å². The van der Waals surface area contributed by atoms with Crippen molar-refractivity contribution < 1.29 is 13.0 Å². The van der Waals surface area contributed by atoms with Crippen molar-refractivity contribution in [1.82, 2.24) is 0 Å². The molecule has 180 valence electrons. The maximum atomic E-state index is 12.3. The molecule has 2 aromatic rings. The Morgan fingerprint density at radius 3 is 1.73 bits per heavy atom. The summed E-state index contributed by atoms with van der Waals surface area (Å²) in [5, 5.41) is 1.45. The van der Waals surface area contributed by atoms with Crippen molar-refractivity contribution in [3.63, 3.8) is 0 Å². The second-order valence-electron chi connectivity index (χ2n) is 9.26. The van der Waals surface area contributed by atoms with Crippen molar-refractivity contribution in [2.45, 2.75) is 121 Å². The minimum atomic E-state index is -4.53. The van der Waals surface area contributed by atoms with Crippen LogP contribution in [0.2, 0.25) is 0 Å². The second kappa shape index (κ2) is 17.3. The van der Waals surface area contributed by atoms with Gasteiger partial charge in [0.25, 0.3) is 0 Å². The van der Waals surface area contributed by atoms with Gasteiger partial charge in [0.1, 0.15) is 10.1 Å². The third kappa shape index (κ3) is 11.0. The van der Waals surface area contributed by atoms with Gasteiger partial charge in [-0.3, -0.25) is 0 Å². The van der Waals surface area contributed by atoms with Crippen LogP contribution in [-0.4, -0.2) is 50.7 Å². The maximum absolute atomic E-state index is 12.3. The average Bonchev–Trinajstić information content (AvgIpc) is 2.76. The Balaban J connectivity index is 0.00000544. The molecule has 0 aliphatic rings. The molecule has 33 heavy (non-hydrogen) atoms. The van der Waals surface area contributed by atoms with Crippen LogP contribution in [0.4, 0.5) is 0 Å². The van der Waals surface area contributed by atoms with E-state index in [2.05, 4.69) is 19.9 Å². The van der Waals surface area contributed by atoms with Gasteiger partial charge < -0.3 is 4.55 Å². The van der Waals surface area contributed by atoms with Gasteiger partial charge in [-0.05, 0) is 47.6 Å². The zero-order valence-corrected chi connectivity index (χ0v) is 24.1. The van der Waals surface area contributed by atoms with Crippen LogP contribution < -0.4 is 0 Å². The molecule has 0 aromatic heterocycles. The Hall–Kier alpha value is -0.130. The number of unbranched alkanes of at least 4 members (excludes halogenated alkanes) is 12. The first-order valence-electron chi connectivity index (χ1n) is 13.0. The Labute approximate surface area is 232 Å². The first-order chi connectivity index (χ1) is 15.5. The summed E-state index contributed by atoms with van der Waals surface area (Å²) >= 11 is 0. The fourth-order valence-corrected chi connectivity index (χ4v) is 5.72. The quantitative estimate of drug-likeness (QED) is 0.126. The molecule has 0 amide bonds. The van der Waals surface area contributed by atoms with E-state index in [4.69, 9.17) is 0 Å². The number of hydrogen-bond acceptors (Lipinski definition) is 3. The molecule has 0 radical (unpaired) electrons. The summed E-state index contributed by atoms with van der Waals surface area (Å²) < 4.78 is 37.0. The number of fused-ring (bicyclic) bond motifs is 1. The monoisotopic (exact) mass is 499 g/mol. The summed E-state index contributed by atoms with van der Waals surface area (Å²) in [6.07, 6.45) is 18.4. The number of aryl methyl sites for hydroxylation is 1. The SMILES string of the molecule is CCCCCCCCCc1cc2ccccc2c(S(=O)(=O)[O-])c1CCCCCCCCC.[Ca+2]. The Kier molecular flexibility index (Phi) is 16.2. The molecule has 0 spiro atoms. The number of rotatable bonds is 17. The molecule has 0 bridgehead atoms. The van der Waals surface area contributed by atoms with Crippen molar-refractivity contribution in [3.05, 3.63) is 41.5 Å². The summed E-state index contributed by atoms with van der Waals surface area (Å²) in [6, 6.07) is 9.58. The Morgan fingerprint density at radius 1 is 0.697 bits per heavy atom. The number of benzene rings is 2. The van der Waals surface area contributed by atoms with Crippen LogP contribution in [0.25, 0.3) is 10.8 Å². The molecule has 0 unspecified atom stereocenters. The molecule has 0 atom stereocenters. The average molecular weight is 500 g/mol. The van der Waals surface area contributed by atoms with Crippen molar-refractivity contribution in [2.75, 3.05) is 0 Å². The molecule has 2 rings (SSSR count). The predicted molar refractivity (Wildman–Crippen MR) is 141 cm³/mol. The molecule has 3 nitrogen and oxygen atoms in total. The molecule has 0 fully saturated rings. The van der Waals surface area contributed by atoms with E-state index in [9.17, 15) is 13.0 Å². The molecular weight excluding hydrogens is 456 g/mol. The van der Waals surface area contributed by atoms with Gasteiger partial charge >= 0.3 is 37.7 Å². The zero-order valence-electron chi connectivity index (χ0n) is 21.0. The first kappa shape index (κ1) is 30.9. The minimum absolute atomic E-state index is 0. The van der Waals surface area contributed by atoms with E-state index in [1.807, 2.05) is 18.2 Å². The first-order valence-corrected chi connectivity index (χ1v) is 14.4. The Bertz CT molecular complexity index is 909. The van der Waals surface area contributed by atoms with Crippen molar-refractivity contribution in [1.29, 1.82) is 0 Å². The molecule has 0 aliphatic carbocycles. The minimum Gasteiger partial charge on any atom is -0.744 e. The van der Waals surface area contributed by atoms with E-state index in [-0.39, 0.29) is 42.6 Å². The van der Waals surface area contributed by atoms with Crippen LogP contribution in [0.1, 0.15) is 115 Å². The second-order valence-corrected chi connectivity index (χ2v) is 10.6. The van der Waals surface area contributed by atoms with Crippen LogP contribution in [0.3, 0.4) is 0 Å². The standard InChI is InChI=1S/C28H44O3S.Ca/c1-3-5-7-9-11-13-15-19-24-23-25-20-17-18-22-27(25)28(32(29,30)31)26(24)21-16-14-12-10-8-6-4-2;/h17-18,20,22-23H,3-16,19,21H2,1-2H3,(H,29,30,31);/q;+2/p-1. The smallest absolute Gasteiger partial charge is 0.744 e. The van der Waals surface area contributed by atoms with Crippen LogP contribution in [-0.2, 0) is 23.0 Å². The third-order valence-corrected chi connectivity index (χ3v) is 7.49. The van der Waals surface area contributed by atoms with Gasteiger partial charge in [-0.2, -0.15) is 0 Å². The van der Waals surface area contributed by atoms with Gasteiger partial charge in [-0.1, -0.05) is 121 Å². The maximum Gasteiger partial charge on any atom is 2.00 e. The largest absolute Gasteiger partial charge is 2.00 e. The molecule has 0 N–H and O–H groups in total. The molecule has 0 heterocycles. The van der Waals surface area contributed by atoms with Gasteiger partial charge in [0.2, 0.25) is 0 Å². The summed E-state index contributed by atoms with van der Waals surface area (Å²) in [5.74, 6) is 0. The van der Waals surface area contributed by atoms with Crippen molar-refractivity contribution in [2.24, 2.45) is 0 Å². The van der Waals surface area contributed by atoms with E-state index in [0.717, 1.165) is 48.6 Å².